The van der Waals surface area contributed by atoms with Gasteiger partial charge in [0.15, 0.2) is 0 Å². The highest BCUT2D eigenvalue weighted by Gasteiger charge is 2.40. The van der Waals surface area contributed by atoms with E-state index >= 15 is 0 Å². The van der Waals surface area contributed by atoms with Crippen molar-refractivity contribution >= 4 is 5.91 Å². The number of nitrogens with two attached hydrogens (primary N) is 1. The van der Waals surface area contributed by atoms with Crippen molar-refractivity contribution in [2.24, 2.45) is 5.73 Å². The molecule has 1 saturated carbocycles. The van der Waals surface area contributed by atoms with Crippen molar-refractivity contribution in [1.29, 1.82) is 0 Å². The average molecular weight is 198 g/mol. The van der Waals surface area contributed by atoms with Crippen molar-refractivity contribution in [3.63, 3.8) is 0 Å². The first-order valence-electron chi connectivity index (χ1n) is 5.37. The Balaban J connectivity index is 1.87. The normalized spacial score (nSPS) is 31.4. The summed E-state index contributed by atoms with van der Waals surface area (Å²) in [6.07, 6.45) is 5.00. The van der Waals surface area contributed by atoms with E-state index in [1.807, 2.05) is 0 Å². The summed E-state index contributed by atoms with van der Waals surface area (Å²) in [6, 6.07) is -0.317. The number of carbonyl (C=O) groups excluding carboxylic acids is 1. The Bertz CT molecular complexity index is 236. The van der Waals surface area contributed by atoms with E-state index in [1.54, 1.807) is 4.90 Å². The van der Waals surface area contributed by atoms with Crippen LogP contribution < -0.4 is 5.73 Å². The van der Waals surface area contributed by atoms with Gasteiger partial charge in [-0.1, -0.05) is 19.3 Å². The van der Waals surface area contributed by atoms with Gasteiger partial charge in [0, 0.05) is 13.1 Å². The number of β-lactam (4-membered cyclic amide) rings is 1. The van der Waals surface area contributed by atoms with Crippen molar-refractivity contribution in [1.82, 2.24) is 4.90 Å². The molecule has 1 atom stereocenters. The summed E-state index contributed by atoms with van der Waals surface area (Å²) >= 11 is 0. The zero-order valence-electron chi connectivity index (χ0n) is 8.41. The Morgan fingerprint density at radius 1 is 1.43 bits per heavy atom. The summed E-state index contributed by atoms with van der Waals surface area (Å²) in [7, 11) is 0. The zero-order chi connectivity index (χ0) is 10.2. The predicted octanol–water partition coefficient (Wildman–Crippen LogP) is -0.149. The first-order chi connectivity index (χ1) is 6.61. The summed E-state index contributed by atoms with van der Waals surface area (Å²) in [4.78, 5) is 12.9. The predicted molar refractivity (Wildman–Crippen MR) is 52.6 cm³/mol. The van der Waals surface area contributed by atoms with Crippen LogP contribution in [0.25, 0.3) is 0 Å². The number of hydrogen-bond donors (Lipinski definition) is 2. The van der Waals surface area contributed by atoms with Crippen LogP contribution in [-0.2, 0) is 4.79 Å². The smallest absolute Gasteiger partial charge is 0.241 e. The molecule has 1 heterocycles. The number of β-amino-alcohol motifs (C(OH)–C–C–N with tert-alkyl or cyclic N) is 1. The Morgan fingerprint density at radius 2 is 2.07 bits per heavy atom. The van der Waals surface area contributed by atoms with Crippen LogP contribution in [0.1, 0.15) is 32.1 Å². The Hall–Kier alpha value is -0.610. The molecule has 80 valence electrons. The molecule has 0 aromatic rings. The third-order valence-corrected chi connectivity index (χ3v) is 3.32. The number of carbonyl (C=O) groups is 1. The summed E-state index contributed by atoms with van der Waals surface area (Å²) < 4.78 is 0. The van der Waals surface area contributed by atoms with Gasteiger partial charge < -0.3 is 15.7 Å². The van der Waals surface area contributed by atoms with Crippen LogP contribution in [0.5, 0.6) is 0 Å². The largest absolute Gasteiger partial charge is 0.388 e. The molecule has 1 unspecified atom stereocenters. The maximum absolute atomic E-state index is 11.3. The Morgan fingerprint density at radius 3 is 2.57 bits per heavy atom. The van der Waals surface area contributed by atoms with Crippen LogP contribution in [-0.4, -0.2) is 40.6 Å². The highest BCUT2D eigenvalue weighted by atomic mass is 16.3. The van der Waals surface area contributed by atoms with Gasteiger partial charge in [0.25, 0.3) is 0 Å². The fourth-order valence-electron chi connectivity index (χ4n) is 2.39. The molecule has 2 aliphatic rings. The van der Waals surface area contributed by atoms with Crippen molar-refractivity contribution in [3.8, 4) is 0 Å². The van der Waals surface area contributed by atoms with E-state index in [2.05, 4.69) is 0 Å². The van der Waals surface area contributed by atoms with Crippen LogP contribution in [0.3, 0.4) is 0 Å². The fraction of sp³-hybridized carbons (Fsp3) is 0.900. The molecule has 4 nitrogen and oxygen atoms in total. The van der Waals surface area contributed by atoms with Gasteiger partial charge in [-0.15, -0.1) is 0 Å². The molecule has 0 spiro atoms. The van der Waals surface area contributed by atoms with Gasteiger partial charge in [-0.3, -0.25) is 4.79 Å². The number of amides is 1. The monoisotopic (exact) mass is 198 g/mol. The van der Waals surface area contributed by atoms with Crippen LogP contribution in [0.2, 0.25) is 0 Å². The van der Waals surface area contributed by atoms with Crippen molar-refractivity contribution in [2.75, 3.05) is 13.1 Å². The fourth-order valence-corrected chi connectivity index (χ4v) is 2.39. The van der Waals surface area contributed by atoms with E-state index in [-0.39, 0.29) is 11.9 Å². The lowest BCUT2D eigenvalue weighted by atomic mass is 9.83. The molecule has 14 heavy (non-hydrogen) atoms. The highest BCUT2D eigenvalue weighted by molar-refractivity contribution is 5.87. The van der Waals surface area contributed by atoms with Gasteiger partial charge in [0.1, 0.15) is 6.04 Å². The molecule has 1 saturated heterocycles. The Labute approximate surface area is 84.1 Å². The number of likely N-dealkylation sites (tertiary alicyclic amines) is 1. The summed E-state index contributed by atoms with van der Waals surface area (Å²) in [5.74, 6) is -0.0102. The number of nitrogens with zero attached hydrogens (tertiary/aromatic N) is 1. The van der Waals surface area contributed by atoms with Crippen LogP contribution >= 0.6 is 0 Å². The quantitative estimate of drug-likeness (QED) is 0.606. The molecule has 0 aromatic heterocycles. The molecule has 2 fully saturated rings. The topological polar surface area (TPSA) is 66.6 Å². The first kappa shape index (κ1) is 9.93. The molecule has 0 bridgehead atoms. The van der Waals surface area contributed by atoms with Gasteiger partial charge in [-0.25, -0.2) is 0 Å². The average Bonchev–Trinajstić information content (AvgIpc) is 2.18. The van der Waals surface area contributed by atoms with Crippen molar-refractivity contribution in [3.05, 3.63) is 0 Å². The van der Waals surface area contributed by atoms with Crippen molar-refractivity contribution in [2.45, 2.75) is 43.7 Å². The maximum Gasteiger partial charge on any atom is 0.241 e. The van der Waals surface area contributed by atoms with Gasteiger partial charge in [-0.2, -0.15) is 0 Å². The molecule has 1 aliphatic heterocycles. The van der Waals surface area contributed by atoms with E-state index in [4.69, 9.17) is 5.73 Å². The first-order valence-corrected chi connectivity index (χ1v) is 5.37. The molecule has 0 radical (unpaired) electrons. The van der Waals surface area contributed by atoms with E-state index in [1.165, 1.54) is 6.42 Å². The molecule has 1 amide bonds. The highest BCUT2D eigenvalue weighted by Crippen LogP contribution is 2.29. The van der Waals surface area contributed by atoms with E-state index < -0.39 is 5.60 Å². The minimum Gasteiger partial charge on any atom is -0.388 e. The van der Waals surface area contributed by atoms with Crippen LogP contribution in [0.15, 0.2) is 0 Å². The minimum absolute atomic E-state index is 0.0102. The third-order valence-electron chi connectivity index (χ3n) is 3.32. The van der Waals surface area contributed by atoms with Gasteiger partial charge >= 0.3 is 0 Å². The molecule has 3 N–H and O–H groups in total. The summed E-state index contributed by atoms with van der Waals surface area (Å²) in [6.45, 7) is 1.10. The second-order valence-corrected chi connectivity index (χ2v) is 4.61. The molecule has 0 aromatic carbocycles. The van der Waals surface area contributed by atoms with Gasteiger partial charge in [0.05, 0.1) is 5.60 Å². The number of hydrogen-bond acceptors (Lipinski definition) is 3. The molecular formula is C10H18N2O2. The SMILES string of the molecule is NC1CN(CC2(O)CCCCC2)C1=O. The standard InChI is InChI=1S/C10H18N2O2/c11-8-6-12(9(8)13)7-10(14)4-2-1-3-5-10/h8,14H,1-7,11H2. The molecular weight excluding hydrogens is 180 g/mol. The maximum atomic E-state index is 11.3. The third kappa shape index (κ3) is 1.77. The van der Waals surface area contributed by atoms with Crippen LogP contribution in [0.4, 0.5) is 0 Å². The lowest BCUT2D eigenvalue weighted by Crippen LogP contribution is -2.64. The zero-order valence-corrected chi connectivity index (χ0v) is 8.41. The Kier molecular flexibility index (Phi) is 2.49. The molecule has 4 heteroatoms. The summed E-state index contributed by atoms with van der Waals surface area (Å²) in [5, 5.41) is 10.2. The number of rotatable bonds is 2. The lowest BCUT2D eigenvalue weighted by molar-refractivity contribution is -0.148. The number of aliphatic hydroxyl groups is 1. The van der Waals surface area contributed by atoms with Crippen LogP contribution in [0, 0.1) is 0 Å². The molecule has 2 rings (SSSR count). The van der Waals surface area contributed by atoms with E-state index in [0.717, 1.165) is 25.7 Å². The molecule has 1 aliphatic carbocycles. The summed E-state index contributed by atoms with van der Waals surface area (Å²) in [5.41, 5.74) is 4.86. The second kappa shape index (κ2) is 3.51. The van der Waals surface area contributed by atoms with Gasteiger partial charge in [0.2, 0.25) is 5.91 Å². The van der Waals surface area contributed by atoms with Crippen molar-refractivity contribution < 1.29 is 9.90 Å². The van der Waals surface area contributed by atoms with E-state index in [0.29, 0.717) is 13.1 Å². The van der Waals surface area contributed by atoms with Gasteiger partial charge in [-0.05, 0) is 12.8 Å². The minimum atomic E-state index is -0.631. The lowest BCUT2D eigenvalue weighted by Gasteiger charge is -2.43. The second-order valence-electron chi connectivity index (χ2n) is 4.61. The van der Waals surface area contributed by atoms with E-state index in [9.17, 15) is 9.90 Å².